The van der Waals surface area contributed by atoms with Crippen LogP contribution in [-0.4, -0.2) is 51.4 Å². The molecular formula is C12H18N6O. The Morgan fingerprint density at radius 1 is 1.47 bits per heavy atom. The Bertz CT molecular complexity index is 479. The van der Waals surface area contributed by atoms with Crippen molar-refractivity contribution in [2.45, 2.75) is 25.4 Å². The van der Waals surface area contributed by atoms with Gasteiger partial charge in [0, 0.05) is 44.8 Å². The summed E-state index contributed by atoms with van der Waals surface area (Å²) in [7, 11) is 0. The lowest BCUT2D eigenvalue weighted by atomic mass is 10.1. The number of hydrazine groups is 1. The summed E-state index contributed by atoms with van der Waals surface area (Å²) in [5.41, 5.74) is 3.40. The maximum absolute atomic E-state index is 11.6. The van der Waals surface area contributed by atoms with Crippen LogP contribution in [0.3, 0.4) is 0 Å². The Balaban J connectivity index is 1.63. The van der Waals surface area contributed by atoms with Crippen molar-refractivity contribution < 1.29 is 4.79 Å². The molecule has 0 bridgehead atoms. The van der Waals surface area contributed by atoms with Gasteiger partial charge >= 0.3 is 0 Å². The number of nitrogens with zero attached hydrogens (tertiary/aromatic N) is 4. The average Bonchev–Trinajstić information content (AvgIpc) is 2.80. The number of fused-ring (bicyclic) bond motifs is 1. The number of aromatic nitrogens is 2. The zero-order valence-corrected chi connectivity index (χ0v) is 10.7. The van der Waals surface area contributed by atoms with E-state index in [1.807, 2.05) is 11.0 Å². The first-order valence-electron chi connectivity index (χ1n) is 6.56. The molecule has 1 unspecified atom stereocenters. The van der Waals surface area contributed by atoms with Crippen molar-refractivity contribution in [2.75, 3.05) is 25.1 Å². The second-order valence-electron chi connectivity index (χ2n) is 5.03. The number of anilines is 1. The van der Waals surface area contributed by atoms with Crippen LogP contribution in [0.1, 0.15) is 18.5 Å². The number of nitrogen functional groups attached to an aromatic ring is 1. The van der Waals surface area contributed by atoms with Crippen LogP contribution in [0, 0.1) is 0 Å². The maximum Gasteiger partial charge on any atom is 0.237 e. The Kier molecular flexibility index (Phi) is 3.31. The molecule has 1 atom stereocenters. The fourth-order valence-electron chi connectivity index (χ4n) is 2.86. The van der Waals surface area contributed by atoms with Crippen molar-refractivity contribution in [1.82, 2.24) is 19.8 Å². The van der Waals surface area contributed by atoms with Gasteiger partial charge in [-0.1, -0.05) is 0 Å². The smallest absolute Gasteiger partial charge is 0.237 e. The SMILES string of the molecule is NNc1nccc(CN2CCN3C(=O)CCC3C2)n1. The zero-order chi connectivity index (χ0) is 13.2. The molecule has 0 aliphatic carbocycles. The third-order valence-electron chi connectivity index (χ3n) is 3.81. The van der Waals surface area contributed by atoms with Gasteiger partial charge < -0.3 is 4.90 Å². The molecule has 3 rings (SSSR count). The highest BCUT2D eigenvalue weighted by Gasteiger charge is 2.35. The van der Waals surface area contributed by atoms with Gasteiger partial charge in [0.25, 0.3) is 0 Å². The molecule has 2 aliphatic rings. The van der Waals surface area contributed by atoms with Gasteiger partial charge in [-0.2, -0.15) is 0 Å². The second-order valence-corrected chi connectivity index (χ2v) is 5.03. The summed E-state index contributed by atoms with van der Waals surface area (Å²) in [5, 5.41) is 0. The highest BCUT2D eigenvalue weighted by molar-refractivity contribution is 5.78. The van der Waals surface area contributed by atoms with Gasteiger partial charge in [0.1, 0.15) is 0 Å². The molecule has 0 saturated carbocycles. The van der Waals surface area contributed by atoms with E-state index in [4.69, 9.17) is 5.84 Å². The highest BCUT2D eigenvalue weighted by Crippen LogP contribution is 2.23. The van der Waals surface area contributed by atoms with Crippen LogP contribution in [0.5, 0.6) is 0 Å². The molecular weight excluding hydrogens is 244 g/mol. The summed E-state index contributed by atoms with van der Waals surface area (Å²) in [4.78, 5) is 24.3. The van der Waals surface area contributed by atoms with E-state index < -0.39 is 0 Å². The average molecular weight is 262 g/mol. The third kappa shape index (κ3) is 2.52. The molecule has 102 valence electrons. The molecule has 1 amide bonds. The molecule has 2 fully saturated rings. The Morgan fingerprint density at radius 2 is 2.37 bits per heavy atom. The van der Waals surface area contributed by atoms with Gasteiger partial charge in [-0.25, -0.2) is 15.8 Å². The van der Waals surface area contributed by atoms with Crippen molar-refractivity contribution in [1.29, 1.82) is 0 Å². The normalized spacial score (nSPS) is 23.5. The van der Waals surface area contributed by atoms with E-state index in [0.29, 0.717) is 24.3 Å². The molecule has 0 spiro atoms. The predicted molar refractivity (Wildman–Crippen MR) is 69.9 cm³/mol. The Labute approximate surface area is 111 Å². The molecule has 3 N–H and O–H groups in total. The van der Waals surface area contributed by atoms with Crippen LogP contribution in [-0.2, 0) is 11.3 Å². The zero-order valence-electron chi connectivity index (χ0n) is 10.7. The number of nitrogens with one attached hydrogen (secondary N) is 1. The summed E-state index contributed by atoms with van der Waals surface area (Å²) >= 11 is 0. The number of nitrogens with two attached hydrogens (primary N) is 1. The van der Waals surface area contributed by atoms with Crippen molar-refractivity contribution in [3.8, 4) is 0 Å². The first kappa shape index (κ1) is 12.3. The van der Waals surface area contributed by atoms with Crippen LogP contribution >= 0.6 is 0 Å². The molecule has 19 heavy (non-hydrogen) atoms. The first-order valence-corrected chi connectivity index (χ1v) is 6.56. The largest absolute Gasteiger partial charge is 0.337 e. The number of piperazine rings is 1. The number of carbonyl (C=O) groups excluding carboxylic acids is 1. The van der Waals surface area contributed by atoms with Crippen LogP contribution in [0.2, 0.25) is 0 Å². The van der Waals surface area contributed by atoms with E-state index in [9.17, 15) is 4.79 Å². The van der Waals surface area contributed by atoms with E-state index in [2.05, 4.69) is 20.3 Å². The Morgan fingerprint density at radius 3 is 3.21 bits per heavy atom. The van der Waals surface area contributed by atoms with E-state index in [1.54, 1.807) is 6.20 Å². The van der Waals surface area contributed by atoms with Crippen LogP contribution in [0.4, 0.5) is 5.95 Å². The monoisotopic (exact) mass is 262 g/mol. The van der Waals surface area contributed by atoms with Crippen LogP contribution < -0.4 is 11.3 Å². The summed E-state index contributed by atoms with van der Waals surface area (Å²) in [6, 6.07) is 2.28. The summed E-state index contributed by atoms with van der Waals surface area (Å²) in [5.74, 6) is 6.05. The molecule has 3 heterocycles. The minimum atomic E-state index is 0.307. The van der Waals surface area contributed by atoms with E-state index in [0.717, 1.165) is 38.3 Å². The molecule has 1 aromatic rings. The van der Waals surface area contributed by atoms with Crippen molar-refractivity contribution in [3.05, 3.63) is 18.0 Å². The lowest BCUT2D eigenvalue weighted by molar-refractivity contribution is -0.130. The Hall–Kier alpha value is -1.73. The quantitative estimate of drug-likeness (QED) is 0.567. The van der Waals surface area contributed by atoms with Gasteiger partial charge in [0.15, 0.2) is 0 Å². The number of hydrogen-bond donors (Lipinski definition) is 2. The van der Waals surface area contributed by atoms with E-state index in [-0.39, 0.29) is 0 Å². The number of rotatable bonds is 3. The van der Waals surface area contributed by atoms with Crippen molar-refractivity contribution in [2.24, 2.45) is 5.84 Å². The summed E-state index contributed by atoms with van der Waals surface area (Å²) in [6.45, 7) is 3.44. The maximum atomic E-state index is 11.6. The standard InChI is InChI=1S/C12H18N6O/c13-16-12-14-4-3-9(15-12)7-17-5-6-18-10(8-17)1-2-11(18)19/h3-4,10H,1-2,5-8,13H2,(H,14,15,16). The van der Waals surface area contributed by atoms with Crippen molar-refractivity contribution >= 4 is 11.9 Å². The molecule has 7 heteroatoms. The fraction of sp³-hybridized carbons (Fsp3) is 0.583. The van der Waals surface area contributed by atoms with Gasteiger partial charge in [-0.15, -0.1) is 0 Å². The van der Waals surface area contributed by atoms with Crippen LogP contribution in [0.15, 0.2) is 12.3 Å². The summed E-state index contributed by atoms with van der Waals surface area (Å²) < 4.78 is 0. The lowest BCUT2D eigenvalue weighted by Crippen LogP contribution is -2.51. The fourth-order valence-corrected chi connectivity index (χ4v) is 2.86. The molecule has 1 aromatic heterocycles. The van der Waals surface area contributed by atoms with Gasteiger partial charge in [0.05, 0.1) is 5.69 Å². The third-order valence-corrected chi connectivity index (χ3v) is 3.81. The molecule has 0 aromatic carbocycles. The number of hydrogen-bond acceptors (Lipinski definition) is 6. The van der Waals surface area contributed by atoms with Gasteiger partial charge in [0.2, 0.25) is 11.9 Å². The second kappa shape index (κ2) is 5.10. The van der Waals surface area contributed by atoms with E-state index in [1.165, 1.54) is 0 Å². The topological polar surface area (TPSA) is 87.4 Å². The first-order chi connectivity index (χ1) is 9.26. The predicted octanol–water partition coefficient (Wildman–Crippen LogP) is -0.431. The molecule has 2 saturated heterocycles. The van der Waals surface area contributed by atoms with Crippen molar-refractivity contribution in [3.63, 3.8) is 0 Å². The molecule has 2 aliphatic heterocycles. The summed E-state index contributed by atoms with van der Waals surface area (Å²) in [6.07, 6.45) is 3.38. The van der Waals surface area contributed by atoms with Gasteiger partial charge in [-0.05, 0) is 12.5 Å². The molecule has 0 radical (unpaired) electrons. The number of carbonyl (C=O) groups is 1. The minimum absolute atomic E-state index is 0.307. The highest BCUT2D eigenvalue weighted by atomic mass is 16.2. The van der Waals surface area contributed by atoms with E-state index >= 15 is 0 Å². The van der Waals surface area contributed by atoms with Crippen LogP contribution in [0.25, 0.3) is 0 Å². The van der Waals surface area contributed by atoms with Gasteiger partial charge in [-0.3, -0.25) is 15.1 Å². The number of amides is 1. The minimum Gasteiger partial charge on any atom is -0.337 e. The lowest BCUT2D eigenvalue weighted by Gasteiger charge is -2.37. The molecule has 7 nitrogen and oxygen atoms in total.